The number of hydrogen-bond donors (Lipinski definition) is 0. The van der Waals surface area contributed by atoms with E-state index >= 15 is 0 Å². The molecule has 4 heteroatoms. The van der Waals surface area contributed by atoms with Gasteiger partial charge in [-0.2, -0.15) is 5.26 Å². The fourth-order valence-electron chi connectivity index (χ4n) is 0.707. The van der Waals surface area contributed by atoms with Gasteiger partial charge in [0.25, 0.3) is 12.5 Å². The zero-order valence-electron chi connectivity index (χ0n) is 8.74. The average Bonchev–Trinajstić information content (AvgIpc) is 2.15. The SMILES string of the molecule is C=C(C)C(=O)OC(OC#N)C(C)CC. The van der Waals surface area contributed by atoms with E-state index in [0.29, 0.717) is 5.57 Å². The molecule has 0 N–H and O–H groups in total. The number of ether oxygens (including phenoxy) is 2. The van der Waals surface area contributed by atoms with Crippen molar-refractivity contribution >= 4 is 5.97 Å². The molecule has 0 aliphatic heterocycles. The molecule has 0 saturated heterocycles. The van der Waals surface area contributed by atoms with Crippen molar-refractivity contribution in [1.29, 1.82) is 5.26 Å². The van der Waals surface area contributed by atoms with Gasteiger partial charge in [-0.3, -0.25) is 0 Å². The number of carbonyl (C=O) groups is 1. The normalized spacial score (nSPS) is 13.6. The second-order valence-electron chi connectivity index (χ2n) is 3.15. The van der Waals surface area contributed by atoms with Gasteiger partial charge in [-0.15, -0.1) is 0 Å². The van der Waals surface area contributed by atoms with Crippen LogP contribution < -0.4 is 0 Å². The zero-order valence-corrected chi connectivity index (χ0v) is 8.74. The molecule has 0 heterocycles. The second-order valence-corrected chi connectivity index (χ2v) is 3.15. The maximum Gasteiger partial charge on any atom is 0.336 e. The number of nitriles is 1. The van der Waals surface area contributed by atoms with Crippen molar-refractivity contribution in [3.05, 3.63) is 12.2 Å². The Hall–Kier alpha value is -1.50. The van der Waals surface area contributed by atoms with Crippen LogP contribution in [0.4, 0.5) is 0 Å². The number of hydrogen-bond acceptors (Lipinski definition) is 4. The topological polar surface area (TPSA) is 59.3 Å². The summed E-state index contributed by atoms with van der Waals surface area (Å²) in [4.78, 5) is 11.1. The molecule has 0 aliphatic carbocycles. The third kappa shape index (κ3) is 3.94. The Balaban J connectivity index is 4.31. The number of rotatable bonds is 5. The molecule has 2 unspecified atom stereocenters. The molecule has 0 spiro atoms. The van der Waals surface area contributed by atoms with Crippen molar-refractivity contribution in [2.24, 2.45) is 5.92 Å². The van der Waals surface area contributed by atoms with Gasteiger partial charge in [0.1, 0.15) is 0 Å². The van der Waals surface area contributed by atoms with Gasteiger partial charge in [-0.05, 0) is 13.3 Å². The third-order valence-corrected chi connectivity index (χ3v) is 1.85. The Morgan fingerprint density at radius 2 is 2.21 bits per heavy atom. The minimum atomic E-state index is -0.811. The summed E-state index contributed by atoms with van der Waals surface area (Å²) in [5.41, 5.74) is 0.292. The molecular formula is C10H15NO3. The minimum Gasteiger partial charge on any atom is -0.421 e. The highest BCUT2D eigenvalue weighted by atomic mass is 16.7. The standard InChI is InChI=1S/C10H15NO3/c1-5-8(4)10(13-6-11)14-9(12)7(2)3/h8,10H,2,5H2,1,3-4H3. The molecule has 0 aromatic rings. The van der Waals surface area contributed by atoms with Crippen LogP contribution in [0.25, 0.3) is 0 Å². The van der Waals surface area contributed by atoms with E-state index in [1.165, 1.54) is 6.26 Å². The van der Waals surface area contributed by atoms with Gasteiger partial charge >= 0.3 is 5.97 Å². The maximum absolute atomic E-state index is 11.1. The van der Waals surface area contributed by atoms with Crippen LogP contribution >= 0.6 is 0 Å². The molecule has 0 fully saturated rings. The molecule has 0 bridgehead atoms. The lowest BCUT2D eigenvalue weighted by Crippen LogP contribution is -2.26. The van der Waals surface area contributed by atoms with E-state index < -0.39 is 12.3 Å². The van der Waals surface area contributed by atoms with Crippen molar-refractivity contribution in [1.82, 2.24) is 0 Å². The highest BCUT2D eigenvalue weighted by Gasteiger charge is 2.21. The van der Waals surface area contributed by atoms with Crippen LogP contribution in [0.5, 0.6) is 0 Å². The number of nitrogens with zero attached hydrogens (tertiary/aromatic N) is 1. The highest BCUT2D eigenvalue weighted by molar-refractivity contribution is 5.87. The van der Waals surface area contributed by atoms with E-state index in [1.807, 2.05) is 13.8 Å². The maximum atomic E-state index is 11.1. The number of esters is 1. The Labute approximate surface area is 84.1 Å². The Kier molecular flexibility index (Phi) is 5.38. The molecule has 78 valence electrons. The summed E-state index contributed by atoms with van der Waals surface area (Å²) in [6.45, 7) is 8.75. The van der Waals surface area contributed by atoms with E-state index in [0.717, 1.165) is 6.42 Å². The fourth-order valence-corrected chi connectivity index (χ4v) is 0.707. The van der Waals surface area contributed by atoms with E-state index in [1.54, 1.807) is 6.92 Å². The van der Waals surface area contributed by atoms with Crippen LogP contribution in [-0.4, -0.2) is 12.3 Å². The molecular weight excluding hydrogens is 182 g/mol. The van der Waals surface area contributed by atoms with Crippen LogP contribution in [0.15, 0.2) is 12.2 Å². The minimum absolute atomic E-state index is 0.0158. The quantitative estimate of drug-likeness (QED) is 0.292. The van der Waals surface area contributed by atoms with Gasteiger partial charge in [-0.1, -0.05) is 20.4 Å². The van der Waals surface area contributed by atoms with Crippen LogP contribution in [0.1, 0.15) is 27.2 Å². The molecule has 2 atom stereocenters. The first kappa shape index (κ1) is 12.5. The Morgan fingerprint density at radius 3 is 2.57 bits per heavy atom. The third-order valence-electron chi connectivity index (χ3n) is 1.85. The first-order chi connectivity index (χ1) is 6.52. The predicted octanol–water partition coefficient (Wildman–Crippen LogP) is 1.98. The molecule has 0 aliphatic rings. The first-order valence-electron chi connectivity index (χ1n) is 4.44. The van der Waals surface area contributed by atoms with Gasteiger partial charge in [0.05, 0.1) is 0 Å². The second kappa shape index (κ2) is 6.03. The van der Waals surface area contributed by atoms with E-state index in [9.17, 15) is 4.79 Å². The summed E-state index contributed by atoms with van der Waals surface area (Å²) in [5.74, 6) is -0.552. The van der Waals surface area contributed by atoms with E-state index in [-0.39, 0.29) is 5.92 Å². The molecule has 0 saturated carbocycles. The summed E-state index contributed by atoms with van der Waals surface area (Å²) < 4.78 is 9.56. The Morgan fingerprint density at radius 1 is 1.64 bits per heavy atom. The predicted molar refractivity (Wildman–Crippen MR) is 50.8 cm³/mol. The van der Waals surface area contributed by atoms with Gasteiger partial charge in [0.15, 0.2) is 0 Å². The molecule has 0 amide bonds. The van der Waals surface area contributed by atoms with Gasteiger partial charge < -0.3 is 9.47 Å². The lowest BCUT2D eigenvalue weighted by atomic mass is 10.1. The fraction of sp³-hybridized carbons (Fsp3) is 0.600. The highest BCUT2D eigenvalue weighted by Crippen LogP contribution is 2.13. The molecule has 0 radical (unpaired) electrons. The van der Waals surface area contributed by atoms with Crippen LogP contribution in [0, 0.1) is 17.4 Å². The van der Waals surface area contributed by atoms with Crippen molar-refractivity contribution in [2.75, 3.05) is 0 Å². The summed E-state index contributed by atoms with van der Waals surface area (Å²) >= 11 is 0. The van der Waals surface area contributed by atoms with Crippen molar-refractivity contribution in [3.63, 3.8) is 0 Å². The zero-order chi connectivity index (χ0) is 11.1. The summed E-state index contributed by atoms with van der Waals surface area (Å²) in [5, 5.41) is 8.35. The summed E-state index contributed by atoms with van der Waals surface area (Å²) in [6, 6.07) is 0. The van der Waals surface area contributed by atoms with Gasteiger partial charge in [0.2, 0.25) is 0 Å². The molecule has 0 aromatic heterocycles. The Bertz CT molecular complexity index is 255. The average molecular weight is 197 g/mol. The monoisotopic (exact) mass is 197 g/mol. The van der Waals surface area contributed by atoms with E-state index in [4.69, 9.17) is 10.00 Å². The first-order valence-corrected chi connectivity index (χ1v) is 4.44. The summed E-state index contributed by atoms with van der Waals surface area (Å²) in [6.07, 6.45) is 1.47. The lowest BCUT2D eigenvalue weighted by molar-refractivity contribution is -0.171. The smallest absolute Gasteiger partial charge is 0.336 e. The molecule has 0 rings (SSSR count). The van der Waals surface area contributed by atoms with Crippen LogP contribution in [0.2, 0.25) is 0 Å². The van der Waals surface area contributed by atoms with Crippen molar-refractivity contribution < 1.29 is 14.3 Å². The van der Waals surface area contributed by atoms with Crippen LogP contribution in [-0.2, 0) is 14.3 Å². The summed E-state index contributed by atoms with van der Waals surface area (Å²) in [7, 11) is 0. The largest absolute Gasteiger partial charge is 0.421 e. The van der Waals surface area contributed by atoms with Crippen molar-refractivity contribution in [2.45, 2.75) is 33.5 Å². The van der Waals surface area contributed by atoms with Crippen molar-refractivity contribution in [3.8, 4) is 6.26 Å². The lowest BCUT2D eigenvalue weighted by Gasteiger charge is -2.19. The molecule has 0 aromatic carbocycles. The number of carbonyl (C=O) groups excluding carboxylic acids is 1. The van der Waals surface area contributed by atoms with Gasteiger partial charge in [0, 0.05) is 11.5 Å². The molecule has 14 heavy (non-hydrogen) atoms. The van der Waals surface area contributed by atoms with E-state index in [2.05, 4.69) is 11.3 Å². The molecule has 4 nitrogen and oxygen atoms in total. The van der Waals surface area contributed by atoms with Gasteiger partial charge in [-0.25, -0.2) is 4.79 Å². The van der Waals surface area contributed by atoms with Crippen LogP contribution in [0.3, 0.4) is 0 Å².